The van der Waals surface area contributed by atoms with E-state index in [1.807, 2.05) is 4.90 Å². The highest BCUT2D eigenvalue weighted by atomic mass is 32.1. The zero-order chi connectivity index (χ0) is 32.2. The van der Waals surface area contributed by atoms with Crippen LogP contribution >= 0.6 is 11.3 Å². The van der Waals surface area contributed by atoms with Crippen LogP contribution in [0.1, 0.15) is 16.9 Å². The number of rotatable bonds is 9. The van der Waals surface area contributed by atoms with Crippen LogP contribution in [0.5, 0.6) is 5.75 Å². The van der Waals surface area contributed by atoms with Gasteiger partial charge in [-0.3, -0.25) is 0 Å². The molecule has 1 unspecified atom stereocenters. The van der Waals surface area contributed by atoms with Crippen LogP contribution in [-0.2, 0) is 11.2 Å². The molecular formula is C31H34F6N4O3S. The van der Waals surface area contributed by atoms with Gasteiger partial charge in [-0.05, 0) is 30.5 Å². The Labute approximate surface area is 261 Å². The first-order valence-corrected chi connectivity index (χ1v) is 15.3. The lowest BCUT2D eigenvalue weighted by Gasteiger charge is -2.37. The van der Waals surface area contributed by atoms with Gasteiger partial charge in [-0.2, -0.15) is 13.2 Å². The highest BCUT2D eigenvalue weighted by molar-refractivity contribution is 7.20. The molecule has 0 saturated carbocycles. The van der Waals surface area contributed by atoms with Gasteiger partial charge in [0, 0.05) is 31.8 Å². The topological polar surface area (TPSA) is 69.2 Å². The molecule has 45 heavy (non-hydrogen) atoms. The van der Waals surface area contributed by atoms with Crippen molar-refractivity contribution in [2.45, 2.75) is 31.0 Å². The van der Waals surface area contributed by atoms with Crippen molar-refractivity contribution in [3.63, 3.8) is 0 Å². The summed E-state index contributed by atoms with van der Waals surface area (Å²) in [6, 6.07) is 6.30. The molecule has 1 aromatic heterocycles. The number of nitrogens with one attached hydrogen (secondary N) is 2. The summed E-state index contributed by atoms with van der Waals surface area (Å²) in [5, 5.41) is 15.4. The summed E-state index contributed by atoms with van der Waals surface area (Å²) in [6.07, 6.45) is -5.57. The Morgan fingerprint density at radius 2 is 1.93 bits per heavy atom. The number of halogens is 6. The van der Waals surface area contributed by atoms with E-state index in [4.69, 9.17) is 9.47 Å². The molecule has 3 aromatic rings. The van der Waals surface area contributed by atoms with Crippen molar-refractivity contribution in [1.29, 1.82) is 0 Å². The lowest BCUT2D eigenvalue weighted by atomic mass is 10.0. The Kier molecular flexibility index (Phi) is 10.2. The van der Waals surface area contributed by atoms with E-state index >= 15 is 4.39 Å². The van der Waals surface area contributed by atoms with E-state index < -0.39 is 36.9 Å². The van der Waals surface area contributed by atoms with Gasteiger partial charge < -0.3 is 35.0 Å². The van der Waals surface area contributed by atoms with Gasteiger partial charge in [-0.25, -0.2) is 13.2 Å². The van der Waals surface area contributed by atoms with Crippen molar-refractivity contribution < 1.29 is 40.9 Å². The number of alkyl halides is 5. The number of hydrogen-bond donors (Lipinski definition) is 3. The van der Waals surface area contributed by atoms with E-state index in [9.17, 15) is 27.1 Å². The van der Waals surface area contributed by atoms with E-state index in [1.54, 1.807) is 24.1 Å². The standard InChI is InChI=1S/C31H34F6N4O3S/c1-40-9-7-28(30(33,34)19-40)39-23-5-2-4-20-21(18-31(35,36)37)27(45-29(20)23)6-3-8-38-24-16-22(32)25(17-26(24)44-15-12-42)41-10-13-43-14-11-41/h2,4-5,16-17,28,38-39,42H,7-15,18-19H2,1H3. The number of thiophene rings is 1. The number of likely N-dealkylation sites (tertiary alicyclic amines) is 1. The molecule has 0 aliphatic carbocycles. The molecule has 2 fully saturated rings. The van der Waals surface area contributed by atoms with Crippen molar-refractivity contribution in [2.75, 3.05) is 81.7 Å². The number of morpholine rings is 1. The lowest BCUT2D eigenvalue weighted by Crippen LogP contribution is -2.53. The van der Waals surface area contributed by atoms with Gasteiger partial charge in [0.2, 0.25) is 0 Å². The third-order valence-corrected chi connectivity index (χ3v) is 8.83. The predicted octanol–water partition coefficient (Wildman–Crippen LogP) is 5.57. The molecule has 244 valence electrons. The zero-order valence-electron chi connectivity index (χ0n) is 24.6. The Hall–Kier alpha value is -3.38. The Morgan fingerprint density at radius 1 is 1.16 bits per heavy atom. The second-order valence-electron chi connectivity index (χ2n) is 11.0. The summed E-state index contributed by atoms with van der Waals surface area (Å²) in [5.41, 5.74) is 0.904. The summed E-state index contributed by atoms with van der Waals surface area (Å²) < 4.78 is 96.9. The molecule has 2 aliphatic rings. The van der Waals surface area contributed by atoms with Crippen molar-refractivity contribution >= 4 is 38.5 Å². The first-order chi connectivity index (χ1) is 21.4. The first-order valence-electron chi connectivity index (χ1n) is 14.5. The minimum Gasteiger partial charge on any atom is -0.489 e. The van der Waals surface area contributed by atoms with Crippen molar-refractivity contribution in [1.82, 2.24) is 4.90 Å². The Balaban J connectivity index is 1.40. The number of ether oxygens (including phenoxy) is 2. The van der Waals surface area contributed by atoms with Gasteiger partial charge >= 0.3 is 6.18 Å². The minimum absolute atomic E-state index is 0.0262. The van der Waals surface area contributed by atoms with Gasteiger partial charge in [-0.15, -0.1) is 11.3 Å². The lowest BCUT2D eigenvalue weighted by molar-refractivity contribution is -0.126. The molecule has 5 rings (SSSR count). The Morgan fingerprint density at radius 3 is 2.64 bits per heavy atom. The fraction of sp³-hybridized carbons (Fsp3) is 0.484. The fourth-order valence-electron chi connectivity index (χ4n) is 5.50. The normalized spacial score (nSPS) is 18.8. The summed E-state index contributed by atoms with van der Waals surface area (Å²) >= 11 is 1.01. The van der Waals surface area contributed by atoms with Crippen LogP contribution in [-0.4, -0.2) is 94.3 Å². The van der Waals surface area contributed by atoms with Crippen LogP contribution in [0, 0.1) is 17.7 Å². The van der Waals surface area contributed by atoms with Crippen LogP contribution in [0.2, 0.25) is 0 Å². The van der Waals surface area contributed by atoms with Crippen LogP contribution in [0.15, 0.2) is 30.3 Å². The maximum atomic E-state index is 15.1. The summed E-state index contributed by atoms with van der Waals surface area (Å²) in [4.78, 5) is 3.54. The molecule has 3 N–H and O–H groups in total. The van der Waals surface area contributed by atoms with Crippen LogP contribution in [0.3, 0.4) is 0 Å². The van der Waals surface area contributed by atoms with E-state index in [1.165, 1.54) is 18.2 Å². The van der Waals surface area contributed by atoms with Gasteiger partial charge in [0.1, 0.15) is 18.2 Å². The van der Waals surface area contributed by atoms with Crippen LogP contribution < -0.4 is 20.3 Å². The third-order valence-electron chi connectivity index (χ3n) is 7.63. The number of anilines is 3. The van der Waals surface area contributed by atoms with Crippen LogP contribution in [0.25, 0.3) is 10.1 Å². The number of hydrogen-bond acceptors (Lipinski definition) is 8. The summed E-state index contributed by atoms with van der Waals surface area (Å²) in [7, 11) is 1.62. The molecule has 0 amide bonds. The minimum atomic E-state index is -4.52. The first kappa shape index (κ1) is 33.0. The smallest absolute Gasteiger partial charge is 0.393 e. The van der Waals surface area contributed by atoms with E-state index in [0.29, 0.717) is 54.3 Å². The van der Waals surface area contributed by atoms with Gasteiger partial charge in [-0.1, -0.05) is 24.0 Å². The maximum Gasteiger partial charge on any atom is 0.393 e. The van der Waals surface area contributed by atoms with E-state index in [2.05, 4.69) is 22.5 Å². The van der Waals surface area contributed by atoms with Crippen molar-refractivity contribution in [2.24, 2.45) is 0 Å². The monoisotopic (exact) mass is 656 g/mol. The number of nitrogens with zero attached hydrogens (tertiary/aromatic N) is 2. The average Bonchev–Trinajstić information content (AvgIpc) is 3.32. The van der Waals surface area contributed by atoms with Crippen molar-refractivity contribution in [3.8, 4) is 17.6 Å². The molecule has 3 heterocycles. The number of aliphatic hydroxyl groups is 1. The molecule has 0 radical (unpaired) electrons. The van der Waals surface area contributed by atoms with Crippen molar-refractivity contribution in [3.05, 3.63) is 46.6 Å². The highest BCUT2D eigenvalue weighted by Crippen LogP contribution is 2.40. The molecule has 2 aromatic carbocycles. The van der Waals surface area contributed by atoms with E-state index in [-0.39, 0.29) is 48.1 Å². The predicted molar refractivity (Wildman–Crippen MR) is 163 cm³/mol. The number of piperidine rings is 1. The Bertz CT molecular complexity index is 1550. The third kappa shape index (κ3) is 8.07. The van der Waals surface area contributed by atoms with Gasteiger partial charge in [0.25, 0.3) is 5.92 Å². The largest absolute Gasteiger partial charge is 0.489 e. The molecule has 1 atom stereocenters. The second kappa shape index (κ2) is 13.9. The molecule has 0 spiro atoms. The summed E-state index contributed by atoms with van der Waals surface area (Å²) in [5.74, 6) is 2.40. The SMILES string of the molecule is CN1CCC(Nc2cccc3c(CC(F)(F)F)c(C#CCNc4cc(F)c(N5CCOCC5)cc4OCCO)sc23)C(F)(F)C1. The number of benzene rings is 2. The van der Waals surface area contributed by atoms with Gasteiger partial charge in [0.15, 0.2) is 0 Å². The molecule has 0 bridgehead atoms. The number of fused-ring (bicyclic) bond motifs is 1. The second-order valence-corrected chi connectivity index (χ2v) is 12.0. The molecule has 14 heteroatoms. The van der Waals surface area contributed by atoms with Gasteiger partial charge in [0.05, 0.1) is 72.0 Å². The van der Waals surface area contributed by atoms with E-state index in [0.717, 1.165) is 11.3 Å². The summed E-state index contributed by atoms with van der Waals surface area (Å²) in [6.45, 7) is 1.61. The fourth-order valence-corrected chi connectivity index (χ4v) is 6.67. The molecule has 2 aliphatic heterocycles. The average molecular weight is 657 g/mol. The maximum absolute atomic E-state index is 15.1. The van der Waals surface area contributed by atoms with Crippen LogP contribution in [0.4, 0.5) is 43.4 Å². The number of aliphatic hydroxyl groups excluding tert-OH is 1. The molecular weight excluding hydrogens is 622 g/mol. The highest BCUT2D eigenvalue weighted by Gasteiger charge is 2.44. The zero-order valence-corrected chi connectivity index (χ0v) is 25.4. The molecule has 7 nitrogen and oxygen atoms in total. The molecule has 2 saturated heterocycles. The quantitative estimate of drug-likeness (QED) is 0.206.